The number of anilines is 3. The van der Waals surface area contributed by atoms with Crippen LogP contribution in [-0.4, -0.2) is 16.5 Å². The Labute approximate surface area is 118 Å². The monoisotopic (exact) mass is 269 g/mol. The lowest BCUT2D eigenvalue weighted by molar-refractivity contribution is 0.559. The van der Waals surface area contributed by atoms with E-state index in [-0.39, 0.29) is 0 Å². The molecule has 0 saturated heterocycles. The number of rotatable bonds is 2. The number of nitrogen functional groups attached to an aromatic ring is 1. The van der Waals surface area contributed by atoms with Crippen molar-refractivity contribution >= 4 is 17.5 Å². The van der Waals surface area contributed by atoms with Gasteiger partial charge in [0.25, 0.3) is 0 Å². The highest BCUT2D eigenvalue weighted by molar-refractivity contribution is 5.68. The van der Waals surface area contributed by atoms with E-state index in [1.807, 2.05) is 6.92 Å². The van der Waals surface area contributed by atoms with Crippen LogP contribution in [0, 0.1) is 12.8 Å². The van der Waals surface area contributed by atoms with Crippen LogP contribution in [0.1, 0.15) is 18.1 Å². The number of fused-ring (bicyclic) bond motifs is 1. The molecule has 1 aromatic carbocycles. The van der Waals surface area contributed by atoms with E-state index in [1.165, 1.54) is 11.3 Å². The molecule has 0 radical (unpaired) electrons. The molecular formula is C15H19N5. The fourth-order valence-electron chi connectivity index (χ4n) is 2.77. The van der Waals surface area contributed by atoms with Crippen LogP contribution in [0.15, 0.2) is 30.5 Å². The molecular weight excluding hydrogens is 250 g/mol. The van der Waals surface area contributed by atoms with Gasteiger partial charge in [-0.05, 0) is 30.9 Å². The molecule has 2 aromatic rings. The van der Waals surface area contributed by atoms with Gasteiger partial charge in [0.1, 0.15) is 5.82 Å². The lowest BCUT2D eigenvalue weighted by atomic mass is 9.94. The summed E-state index contributed by atoms with van der Waals surface area (Å²) in [5.74, 6) is 7.39. The van der Waals surface area contributed by atoms with Gasteiger partial charge in [-0.3, -0.25) is 5.43 Å². The number of nitrogens with zero attached hydrogens (tertiary/aromatic N) is 3. The van der Waals surface area contributed by atoms with Crippen molar-refractivity contribution in [3.8, 4) is 0 Å². The third kappa shape index (κ3) is 2.20. The topological polar surface area (TPSA) is 67.1 Å². The van der Waals surface area contributed by atoms with Crippen LogP contribution in [-0.2, 0) is 6.42 Å². The van der Waals surface area contributed by atoms with E-state index in [0.29, 0.717) is 11.9 Å². The average Bonchev–Trinajstić information content (AvgIpc) is 2.47. The summed E-state index contributed by atoms with van der Waals surface area (Å²) in [5, 5.41) is 0. The molecule has 1 aromatic heterocycles. The lowest BCUT2D eigenvalue weighted by Gasteiger charge is -2.34. The van der Waals surface area contributed by atoms with Gasteiger partial charge in [-0.2, -0.15) is 4.98 Å². The van der Waals surface area contributed by atoms with Crippen molar-refractivity contribution < 1.29 is 0 Å². The molecule has 0 amide bonds. The molecule has 2 heterocycles. The number of hydrogen-bond donors (Lipinski definition) is 2. The average molecular weight is 269 g/mol. The Morgan fingerprint density at radius 1 is 1.35 bits per heavy atom. The zero-order chi connectivity index (χ0) is 14.1. The molecule has 20 heavy (non-hydrogen) atoms. The normalized spacial score (nSPS) is 17.8. The SMILES string of the molecule is Cc1cnc(NN)nc1N1CC(C)Cc2ccccc21. The maximum Gasteiger partial charge on any atom is 0.239 e. The van der Waals surface area contributed by atoms with Gasteiger partial charge in [-0.25, -0.2) is 10.8 Å². The standard InChI is InChI=1S/C15H19N5/c1-10-7-12-5-3-4-6-13(12)20(9-10)14-11(2)8-17-15(18-14)19-16/h3-6,8,10H,7,9,16H2,1-2H3,(H,17,18,19). The predicted octanol–water partition coefficient (Wildman–Crippen LogP) is 2.40. The van der Waals surface area contributed by atoms with Crippen LogP contribution in [0.2, 0.25) is 0 Å². The minimum atomic E-state index is 0.446. The van der Waals surface area contributed by atoms with Crippen molar-refractivity contribution in [1.29, 1.82) is 0 Å². The Morgan fingerprint density at radius 3 is 2.95 bits per heavy atom. The van der Waals surface area contributed by atoms with Crippen molar-refractivity contribution in [3.63, 3.8) is 0 Å². The first-order chi connectivity index (χ1) is 9.69. The minimum Gasteiger partial charge on any atom is -0.325 e. The highest BCUT2D eigenvalue weighted by Crippen LogP contribution is 2.35. The second-order valence-electron chi connectivity index (χ2n) is 5.39. The van der Waals surface area contributed by atoms with Crippen molar-refractivity contribution in [2.75, 3.05) is 16.9 Å². The lowest BCUT2D eigenvalue weighted by Crippen LogP contribution is -2.31. The summed E-state index contributed by atoms with van der Waals surface area (Å²) in [7, 11) is 0. The number of hydrazine groups is 1. The summed E-state index contributed by atoms with van der Waals surface area (Å²) in [5.41, 5.74) is 6.17. The Kier molecular flexibility index (Phi) is 3.28. The molecule has 0 fully saturated rings. The molecule has 104 valence electrons. The molecule has 3 N–H and O–H groups in total. The van der Waals surface area contributed by atoms with E-state index in [0.717, 1.165) is 24.3 Å². The molecule has 0 spiro atoms. The highest BCUT2D eigenvalue weighted by atomic mass is 15.3. The zero-order valence-electron chi connectivity index (χ0n) is 11.8. The van der Waals surface area contributed by atoms with Gasteiger partial charge in [-0.1, -0.05) is 25.1 Å². The highest BCUT2D eigenvalue weighted by Gasteiger charge is 2.24. The second-order valence-corrected chi connectivity index (χ2v) is 5.39. The zero-order valence-corrected chi connectivity index (χ0v) is 11.8. The Balaban J connectivity index is 2.10. The second kappa shape index (κ2) is 5.09. The van der Waals surface area contributed by atoms with Crippen LogP contribution in [0.25, 0.3) is 0 Å². The summed E-state index contributed by atoms with van der Waals surface area (Å²) in [6.45, 7) is 5.25. The van der Waals surface area contributed by atoms with E-state index in [2.05, 4.69) is 51.5 Å². The first-order valence-corrected chi connectivity index (χ1v) is 6.84. The summed E-state index contributed by atoms with van der Waals surface area (Å²) >= 11 is 0. The minimum absolute atomic E-state index is 0.446. The first kappa shape index (κ1) is 12.9. The fourth-order valence-corrected chi connectivity index (χ4v) is 2.77. The van der Waals surface area contributed by atoms with Gasteiger partial charge in [-0.15, -0.1) is 0 Å². The maximum absolute atomic E-state index is 5.43. The summed E-state index contributed by atoms with van der Waals surface area (Å²) in [4.78, 5) is 10.9. The smallest absolute Gasteiger partial charge is 0.239 e. The quantitative estimate of drug-likeness (QED) is 0.647. The largest absolute Gasteiger partial charge is 0.325 e. The van der Waals surface area contributed by atoms with Crippen LogP contribution in [0.3, 0.4) is 0 Å². The van der Waals surface area contributed by atoms with Crippen molar-refractivity contribution in [2.24, 2.45) is 11.8 Å². The van der Waals surface area contributed by atoms with Crippen LogP contribution < -0.4 is 16.2 Å². The molecule has 0 saturated carbocycles. The maximum atomic E-state index is 5.43. The first-order valence-electron chi connectivity index (χ1n) is 6.84. The number of aromatic nitrogens is 2. The molecule has 1 unspecified atom stereocenters. The van der Waals surface area contributed by atoms with E-state index >= 15 is 0 Å². The molecule has 3 rings (SSSR count). The van der Waals surface area contributed by atoms with Crippen LogP contribution in [0.4, 0.5) is 17.5 Å². The summed E-state index contributed by atoms with van der Waals surface area (Å²) in [6, 6.07) is 8.50. The van der Waals surface area contributed by atoms with Crippen molar-refractivity contribution in [3.05, 3.63) is 41.6 Å². The van der Waals surface area contributed by atoms with E-state index < -0.39 is 0 Å². The van der Waals surface area contributed by atoms with Gasteiger partial charge < -0.3 is 4.90 Å². The number of nitrogens with two attached hydrogens (primary N) is 1. The third-order valence-electron chi connectivity index (χ3n) is 3.67. The van der Waals surface area contributed by atoms with Gasteiger partial charge in [0, 0.05) is 24.0 Å². The van der Waals surface area contributed by atoms with Crippen molar-refractivity contribution in [1.82, 2.24) is 9.97 Å². The molecule has 1 aliphatic heterocycles. The fraction of sp³-hybridized carbons (Fsp3) is 0.333. The van der Waals surface area contributed by atoms with Gasteiger partial charge in [0.2, 0.25) is 5.95 Å². The molecule has 1 aliphatic rings. The van der Waals surface area contributed by atoms with E-state index in [9.17, 15) is 0 Å². The van der Waals surface area contributed by atoms with Gasteiger partial charge >= 0.3 is 0 Å². The number of hydrogen-bond acceptors (Lipinski definition) is 5. The number of aryl methyl sites for hydroxylation is 1. The number of benzene rings is 1. The van der Waals surface area contributed by atoms with E-state index in [1.54, 1.807) is 6.20 Å². The number of para-hydroxylation sites is 1. The molecule has 0 aliphatic carbocycles. The molecule has 0 bridgehead atoms. The Hall–Kier alpha value is -2.14. The van der Waals surface area contributed by atoms with Crippen molar-refractivity contribution in [2.45, 2.75) is 20.3 Å². The van der Waals surface area contributed by atoms with Crippen LogP contribution >= 0.6 is 0 Å². The summed E-state index contributed by atoms with van der Waals surface area (Å²) < 4.78 is 0. The van der Waals surface area contributed by atoms with Gasteiger partial charge in [0.15, 0.2) is 0 Å². The Morgan fingerprint density at radius 2 is 2.15 bits per heavy atom. The molecule has 5 heteroatoms. The molecule has 5 nitrogen and oxygen atoms in total. The molecule has 1 atom stereocenters. The Bertz CT molecular complexity index is 625. The number of nitrogens with one attached hydrogen (secondary N) is 1. The van der Waals surface area contributed by atoms with Crippen LogP contribution in [0.5, 0.6) is 0 Å². The summed E-state index contributed by atoms with van der Waals surface area (Å²) in [6.07, 6.45) is 2.91. The van der Waals surface area contributed by atoms with Gasteiger partial charge in [0.05, 0.1) is 0 Å². The third-order valence-corrected chi connectivity index (χ3v) is 3.67. The predicted molar refractivity (Wildman–Crippen MR) is 80.9 cm³/mol. The van der Waals surface area contributed by atoms with E-state index in [4.69, 9.17) is 5.84 Å².